The Morgan fingerprint density at radius 3 is 2.00 bits per heavy atom. The Balaban J connectivity index is 2.70. The van der Waals surface area contributed by atoms with Crippen LogP contribution in [0.1, 0.15) is 39.2 Å². The smallest absolute Gasteiger partial charge is 0.326 e. The van der Waals surface area contributed by atoms with Crippen LogP contribution in [-0.4, -0.2) is 64.0 Å². The lowest BCUT2D eigenvalue weighted by Gasteiger charge is -2.26. The Bertz CT molecular complexity index is 844. The fourth-order valence-corrected chi connectivity index (χ4v) is 2.95. The van der Waals surface area contributed by atoms with E-state index in [9.17, 15) is 29.1 Å². The number of carboxylic acid groups (broad SMARTS) is 2. The largest absolute Gasteiger partial charge is 0.481 e. The van der Waals surface area contributed by atoms with Crippen LogP contribution in [0.15, 0.2) is 30.3 Å². The van der Waals surface area contributed by atoms with Gasteiger partial charge < -0.3 is 31.9 Å². The van der Waals surface area contributed by atoms with Crippen molar-refractivity contribution in [3.05, 3.63) is 35.9 Å². The van der Waals surface area contributed by atoms with Crippen LogP contribution in [0.4, 0.5) is 0 Å². The van der Waals surface area contributed by atoms with Crippen LogP contribution in [0.3, 0.4) is 0 Å². The molecule has 1 aromatic rings. The average molecular weight is 465 g/mol. The average Bonchev–Trinajstić information content (AvgIpc) is 2.74. The summed E-state index contributed by atoms with van der Waals surface area (Å²) in [5.41, 5.74) is 6.79. The van der Waals surface area contributed by atoms with Gasteiger partial charge in [0, 0.05) is 6.42 Å². The Labute approximate surface area is 192 Å². The molecule has 0 spiro atoms. The van der Waals surface area contributed by atoms with Crippen LogP contribution in [0, 0.1) is 5.92 Å². The minimum absolute atomic E-state index is 0.283. The molecule has 3 amide bonds. The molecule has 0 aliphatic rings. The van der Waals surface area contributed by atoms with Gasteiger partial charge in [0.25, 0.3) is 0 Å². The molecule has 1 rings (SSSR count). The topological polar surface area (TPSA) is 188 Å². The highest BCUT2D eigenvalue weighted by Gasteiger charge is 2.30. The van der Waals surface area contributed by atoms with E-state index >= 15 is 0 Å². The first-order valence-electron chi connectivity index (χ1n) is 10.6. The molecule has 11 nitrogen and oxygen atoms in total. The number of benzene rings is 1. The molecule has 11 heteroatoms. The van der Waals surface area contributed by atoms with Gasteiger partial charge in [-0.15, -0.1) is 0 Å². The predicted molar refractivity (Wildman–Crippen MR) is 119 cm³/mol. The summed E-state index contributed by atoms with van der Waals surface area (Å²) in [4.78, 5) is 59.6. The van der Waals surface area contributed by atoms with E-state index in [4.69, 9.17) is 10.8 Å². The molecule has 0 bridgehead atoms. The highest BCUT2D eigenvalue weighted by Crippen LogP contribution is 2.06. The lowest BCUT2D eigenvalue weighted by Crippen LogP contribution is -2.57. The summed E-state index contributed by atoms with van der Waals surface area (Å²) >= 11 is 0. The van der Waals surface area contributed by atoms with Crippen molar-refractivity contribution in [3.63, 3.8) is 0 Å². The van der Waals surface area contributed by atoms with Gasteiger partial charge in [0.1, 0.15) is 18.1 Å². The molecular weight excluding hydrogens is 432 g/mol. The zero-order valence-corrected chi connectivity index (χ0v) is 18.9. The molecule has 33 heavy (non-hydrogen) atoms. The van der Waals surface area contributed by atoms with Crippen molar-refractivity contribution in [1.82, 2.24) is 16.0 Å². The number of hydrogen-bond donors (Lipinski definition) is 6. The van der Waals surface area contributed by atoms with Gasteiger partial charge in [-0.2, -0.15) is 0 Å². The monoisotopic (exact) mass is 464 g/mol. The molecule has 7 N–H and O–H groups in total. The highest BCUT2D eigenvalue weighted by atomic mass is 16.4. The Morgan fingerprint density at radius 2 is 1.48 bits per heavy atom. The van der Waals surface area contributed by atoms with Gasteiger partial charge in [-0.3, -0.25) is 19.2 Å². The second kappa shape index (κ2) is 13.2. The molecule has 4 unspecified atom stereocenters. The molecule has 0 heterocycles. The van der Waals surface area contributed by atoms with E-state index < -0.39 is 66.2 Å². The van der Waals surface area contributed by atoms with E-state index in [1.54, 1.807) is 13.8 Å². The number of amides is 3. The van der Waals surface area contributed by atoms with Gasteiger partial charge in [0.15, 0.2) is 0 Å². The summed E-state index contributed by atoms with van der Waals surface area (Å²) in [5.74, 6) is -4.94. The number of hydrogen-bond acceptors (Lipinski definition) is 6. The molecule has 4 atom stereocenters. The van der Waals surface area contributed by atoms with Gasteiger partial charge >= 0.3 is 11.9 Å². The summed E-state index contributed by atoms with van der Waals surface area (Å²) in [5, 5.41) is 25.2. The number of nitrogens with one attached hydrogen (secondary N) is 3. The fourth-order valence-electron chi connectivity index (χ4n) is 2.95. The second-order valence-corrected chi connectivity index (χ2v) is 8.09. The molecular formula is C22H32N4O7. The van der Waals surface area contributed by atoms with E-state index in [2.05, 4.69) is 16.0 Å². The summed E-state index contributed by atoms with van der Waals surface area (Å²) in [7, 11) is 0. The first-order valence-corrected chi connectivity index (χ1v) is 10.6. The number of carbonyl (C=O) groups excluding carboxylic acids is 3. The standard InChI is InChI=1S/C22H32N4O7/c1-12(2)18(21(31)25-16(22(32)33)9-10-17(27)28)26-19(29)13(3)24-20(30)15(23)11-14-7-5-4-6-8-14/h4-8,12-13,15-16,18H,9-11,23H2,1-3H3,(H,24,30)(H,25,31)(H,26,29)(H,27,28)(H,32,33). The Kier molecular flexibility index (Phi) is 11.0. The quantitative estimate of drug-likeness (QED) is 0.228. The maximum Gasteiger partial charge on any atom is 0.326 e. The summed E-state index contributed by atoms with van der Waals surface area (Å²) < 4.78 is 0. The van der Waals surface area contributed by atoms with Crippen molar-refractivity contribution in [3.8, 4) is 0 Å². The van der Waals surface area contributed by atoms with Crippen LogP contribution in [0.2, 0.25) is 0 Å². The van der Waals surface area contributed by atoms with Crippen molar-refractivity contribution in [2.24, 2.45) is 11.7 Å². The minimum Gasteiger partial charge on any atom is -0.481 e. The van der Waals surface area contributed by atoms with Crippen molar-refractivity contribution in [1.29, 1.82) is 0 Å². The van der Waals surface area contributed by atoms with Crippen molar-refractivity contribution in [2.75, 3.05) is 0 Å². The summed E-state index contributed by atoms with van der Waals surface area (Å²) in [6.45, 7) is 4.73. The summed E-state index contributed by atoms with van der Waals surface area (Å²) in [6.07, 6.45) is -0.464. The lowest BCUT2D eigenvalue weighted by molar-refractivity contribution is -0.143. The molecule has 182 valence electrons. The van der Waals surface area contributed by atoms with Crippen LogP contribution in [-0.2, 0) is 30.4 Å². The van der Waals surface area contributed by atoms with E-state index in [0.29, 0.717) is 0 Å². The second-order valence-electron chi connectivity index (χ2n) is 8.09. The molecule has 0 aliphatic carbocycles. The van der Waals surface area contributed by atoms with Crippen molar-refractivity contribution < 1.29 is 34.2 Å². The Morgan fingerprint density at radius 1 is 0.879 bits per heavy atom. The molecule has 0 saturated heterocycles. The third-order valence-corrected chi connectivity index (χ3v) is 4.90. The third kappa shape index (κ3) is 9.69. The molecule has 0 aromatic heterocycles. The van der Waals surface area contributed by atoms with Crippen LogP contribution in [0.5, 0.6) is 0 Å². The number of nitrogens with two attached hydrogens (primary N) is 1. The lowest BCUT2D eigenvalue weighted by atomic mass is 10.0. The van der Waals surface area contributed by atoms with Gasteiger partial charge in [-0.05, 0) is 31.2 Å². The normalized spacial score (nSPS) is 14.5. The van der Waals surface area contributed by atoms with Gasteiger partial charge in [-0.25, -0.2) is 4.79 Å². The number of carbonyl (C=O) groups is 5. The first-order chi connectivity index (χ1) is 15.4. The maximum absolute atomic E-state index is 12.6. The minimum atomic E-state index is -1.42. The first kappa shape index (κ1) is 27.6. The number of rotatable bonds is 13. The van der Waals surface area contributed by atoms with Crippen LogP contribution in [0.25, 0.3) is 0 Å². The third-order valence-electron chi connectivity index (χ3n) is 4.90. The van der Waals surface area contributed by atoms with Gasteiger partial charge in [0.05, 0.1) is 6.04 Å². The van der Waals surface area contributed by atoms with Gasteiger partial charge in [-0.1, -0.05) is 44.2 Å². The number of carboxylic acids is 2. The zero-order chi connectivity index (χ0) is 25.1. The highest BCUT2D eigenvalue weighted by molar-refractivity contribution is 5.94. The van der Waals surface area contributed by atoms with Gasteiger partial charge in [0.2, 0.25) is 17.7 Å². The van der Waals surface area contributed by atoms with Crippen molar-refractivity contribution in [2.45, 2.75) is 64.2 Å². The molecule has 0 aliphatic heterocycles. The zero-order valence-electron chi connectivity index (χ0n) is 18.9. The van der Waals surface area contributed by atoms with E-state index in [1.807, 2.05) is 30.3 Å². The van der Waals surface area contributed by atoms with E-state index in [-0.39, 0.29) is 12.8 Å². The fraction of sp³-hybridized carbons (Fsp3) is 0.500. The maximum atomic E-state index is 12.6. The Hall–Kier alpha value is -3.47. The number of aliphatic carboxylic acids is 2. The van der Waals surface area contributed by atoms with Crippen LogP contribution >= 0.6 is 0 Å². The van der Waals surface area contributed by atoms with Crippen LogP contribution < -0.4 is 21.7 Å². The van der Waals surface area contributed by atoms with Crippen molar-refractivity contribution >= 4 is 29.7 Å². The summed E-state index contributed by atoms with van der Waals surface area (Å²) in [6, 6.07) is 4.75. The van der Waals surface area contributed by atoms with E-state index in [0.717, 1.165) is 5.56 Å². The molecule has 0 fully saturated rings. The predicted octanol–water partition coefficient (Wildman–Crippen LogP) is -0.364. The molecule has 1 aromatic carbocycles. The SMILES string of the molecule is CC(NC(=O)C(N)Cc1ccccc1)C(=O)NC(C(=O)NC(CCC(=O)O)C(=O)O)C(C)C. The van der Waals surface area contributed by atoms with E-state index in [1.165, 1.54) is 6.92 Å². The molecule has 0 radical (unpaired) electrons. The molecule has 0 saturated carbocycles.